The standard InChI is InChI=1S/C25H24N6O7S4/c1-10(2)38-30-17(14-9-40-24(26)27-14)20(34)29-18-21(35)31-19(23(36)37)12(6-39-22(18)31)7-41-25-28-13(8-42-25)11-3-4-15(32)16(33)5-11/h3-5,8-10,18,22,32-33H,6-7H2,1-2H3,(H2,26,27)(H,29,34)(H,36,37)/b30-17+/t18-,22-/m1/s1. The fourth-order valence-corrected chi connectivity index (χ4v) is 7.92. The zero-order valence-electron chi connectivity index (χ0n) is 22.0. The number of nitrogens with zero attached hydrogens (tertiary/aromatic N) is 4. The van der Waals surface area contributed by atoms with Crippen LogP contribution in [-0.4, -0.2) is 82.7 Å². The molecule has 1 aromatic carbocycles. The van der Waals surface area contributed by atoms with Gasteiger partial charge in [-0.3, -0.25) is 14.5 Å². The van der Waals surface area contributed by atoms with Gasteiger partial charge in [0.15, 0.2) is 26.7 Å². The molecule has 2 aliphatic heterocycles. The molecule has 0 spiro atoms. The number of rotatable bonds is 10. The van der Waals surface area contributed by atoms with Crippen molar-refractivity contribution in [3.8, 4) is 22.8 Å². The summed E-state index contributed by atoms with van der Waals surface area (Å²) in [5.41, 5.74) is 7.44. The Morgan fingerprint density at radius 1 is 1.24 bits per heavy atom. The largest absolute Gasteiger partial charge is 0.504 e. The van der Waals surface area contributed by atoms with Crippen molar-refractivity contribution in [1.82, 2.24) is 20.2 Å². The Morgan fingerprint density at radius 2 is 2.02 bits per heavy atom. The van der Waals surface area contributed by atoms with E-state index in [1.165, 1.54) is 51.9 Å². The second-order valence-corrected chi connectivity index (χ2v) is 13.3. The van der Waals surface area contributed by atoms with Crippen molar-refractivity contribution in [1.29, 1.82) is 0 Å². The quantitative estimate of drug-likeness (QED) is 0.0709. The number of benzene rings is 1. The van der Waals surface area contributed by atoms with Crippen LogP contribution in [0.5, 0.6) is 11.5 Å². The number of hydrogen-bond donors (Lipinski definition) is 5. The van der Waals surface area contributed by atoms with Crippen LogP contribution in [0.3, 0.4) is 0 Å². The Balaban J connectivity index is 1.28. The summed E-state index contributed by atoms with van der Waals surface area (Å²) in [6, 6.07) is 3.45. The van der Waals surface area contributed by atoms with Crippen LogP contribution in [0.2, 0.25) is 0 Å². The number of amides is 2. The molecule has 5 rings (SSSR count). The molecular weight excluding hydrogens is 625 g/mol. The molecular formula is C25H24N6O7S4. The van der Waals surface area contributed by atoms with E-state index in [1.807, 2.05) is 0 Å². The van der Waals surface area contributed by atoms with E-state index in [0.717, 1.165) is 11.3 Å². The lowest BCUT2D eigenvalue weighted by Crippen LogP contribution is -2.71. The normalized spacial score (nSPS) is 18.6. The Bertz CT molecular complexity index is 1620. The SMILES string of the molecule is CC(C)O/N=C(/C(=O)N[C@@H]1C(=O)N2C(C(=O)O)=C(CSc3nc(-c4ccc(O)c(O)c4)cs3)CS[C@H]12)c1csc(N)n1. The second-order valence-electron chi connectivity index (χ2n) is 9.27. The van der Waals surface area contributed by atoms with E-state index in [1.54, 1.807) is 30.7 Å². The number of carbonyl (C=O) groups is 3. The number of aromatic nitrogens is 2. The minimum Gasteiger partial charge on any atom is -0.504 e. The Labute approximate surface area is 255 Å². The highest BCUT2D eigenvalue weighted by molar-refractivity contribution is 8.01. The Hall–Kier alpha value is -3.80. The van der Waals surface area contributed by atoms with Gasteiger partial charge in [-0.1, -0.05) is 16.9 Å². The number of thioether (sulfide) groups is 2. The highest BCUT2D eigenvalue weighted by Crippen LogP contribution is 2.42. The monoisotopic (exact) mass is 648 g/mol. The first kappa shape index (κ1) is 29.7. The summed E-state index contributed by atoms with van der Waals surface area (Å²) >= 11 is 5.16. The zero-order valence-corrected chi connectivity index (χ0v) is 25.3. The van der Waals surface area contributed by atoms with Crippen molar-refractivity contribution in [2.75, 3.05) is 17.2 Å². The van der Waals surface area contributed by atoms with Crippen molar-refractivity contribution in [2.45, 2.75) is 35.7 Å². The first-order valence-corrected chi connectivity index (χ1v) is 16.1. The molecule has 0 bridgehead atoms. The number of nitrogen functional groups attached to an aromatic ring is 1. The third-order valence-electron chi connectivity index (χ3n) is 6.00. The number of aromatic hydroxyl groups is 2. The molecule has 2 aromatic heterocycles. The molecule has 42 heavy (non-hydrogen) atoms. The maximum atomic E-state index is 13.1. The number of β-lactam (4-membered cyclic amide) rings is 1. The predicted molar refractivity (Wildman–Crippen MR) is 161 cm³/mol. The zero-order chi connectivity index (χ0) is 30.1. The number of hydrogen-bond acceptors (Lipinski definition) is 14. The van der Waals surface area contributed by atoms with Crippen LogP contribution in [0.15, 0.2) is 49.7 Å². The number of thiazole rings is 2. The minimum absolute atomic E-state index is 0.105. The van der Waals surface area contributed by atoms with Gasteiger partial charge in [-0.25, -0.2) is 14.8 Å². The molecule has 1 fully saturated rings. The number of oxime groups is 1. The van der Waals surface area contributed by atoms with Crippen LogP contribution in [0, 0.1) is 0 Å². The molecule has 0 saturated carbocycles. The van der Waals surface area contributed by atoms with Gasteiger partial charge in [0.05, 0.1) is 5.69 Å². The van der Waals surface area contributed by atoms with Gasteiger partial charge in [0.25, 0.3) is 11.8 Å². The van der Waals surface area contributed by atoms with Crippen molar-refractivity contribution >= 4 is 74.8 Å². The summed E-state index contributed by atoms with van der Waals surface area (Å²) in [4.78, 5) is 53.6. The average Bonchev–Trinajstić information content (AvgIpc) is 3.60. The highest BCUT2D eigenvalue weighted by atomic mass is 32.2. The van der Waals surface area contributed by atoms with E-state index in [-0.39, 0.29) is 45.6 Å². The summed E-state index contributed by atoms with van der Waals surface area (Å²) in [6.07, 6.45) is -0.310. The lowest BCUT2D eigenvalue weighted by Gasteiger charge is -2.49. The minimum atomic E-state index is -1.24. The van der Waals surface area contributed by atoms with Gasteiger partial charge in [-0.05, 0) is 37.6 Å². The van der Waals surface area contributed by atoms with Crippen LogP contribution >= 0.6 is 46.2 Å². The van der Waals surface area contributed by atoms with Gasteiger partial charge < -0.3 is 31.2 Å². The molecule has 6 N–H and O–H groups in total. The van der Waals surface area contributed by atoms with Gasteiger partial charge in [0.1, 0.15) is 28.9 Å². The average molecular weight is 649 g/mol. The maximum Gasteiger partial charge on any atom is 0.352 e. The first-order chi connectivity index (χ1) is 20.0. The van der Waals surface area contributed by atoms with Crippen molar-refractivity contribution < 1.29 is 34.5 Å². The van der Waals surface area contributed by atoms with E-state index in [9.17, 15) is 29.7 Å². The van der Waals surface area contributed by atoms with E-state index in [2.05, 4.69) is 20.4 Å². The third-order valence-corrected chi connectivity index (χ3v) is 10.1. The fourth-order valence-electron chi connectivity index (χ4n) is 4.05. The lowest BCUT2D eigenvalue weighted by atomic mass is 10.0. The number of nitrogens with one attached hydrogen (secondary N) is 1. The maximum absolute atomic E-state index is 13.1. The van der Waals surface area contributed by atoms with E-state index in [0.29, 0.717) is 26.9 Å². The van der Waals surface area contributed by atoms with Gasteiger partial charge in [0.2, 0.25) is 0 Å². The first-order valence-electron chi connectivity index (χ1n) is 12.3. The molecule has 3 aromatic rings. The second kappa shape index (κ2) is 12.2. The van der Waals surface area contributed by atoms with E-state index >= 15 is 0 Å². The smallest absolute Gasteiger partial charge is 0.352 e. The van der Waals surface area contributed by atoms with Crippen molar-refractivity contribution in [3.63, 3.8) is 0 Å². The molecule has 0 radical (unpaired) electrons. The van der Waals surface area contributed by atoms with Crippen LogP contribution < -0.4 is 11.1 Å². The molecule has 1 saturated heterocycles. The number of carboxylic acid groups (broad SMARTS) is 1. The highest BCUT2D eigenvalue weighted by Gasteiger charge is 2.54. The number of carbonyl (C=O) groups excluding carboxylic acids is 2. The predicted octanol–water partition coefficient (Wildman–Crippen LogP) is 2.92. The third kappa shape index (κ3) is 6.04. The summed E-state index contributed by atoms with van der Waals surface area (Å²) in [7, 11) is 0. The summed E-state index contributed by atoms with van der Waals surface area (Å²) in [5.74, 6) is -2.35. The fraction of sp³-hybridized carbons (Fsp3) is 0.280. The van der Waals surface area contributed by atoms with Crippen LogP contribution in [0.4, 0.5) is 5.13 Å². The molecule has 2 aliphatic rings. The Morgan fingerprint density at radius 3 is 2.69 bits per heavy atom. The molecule has 4 heterocycles. The van der Waals surface area contributed by atoms with Gasteiger partial charge >= 0.3 is 5.97 Å². The molecule has 0 unspecified atom stereocenters. The summed E-state index contributed by atoms with van der Waals surface area (Å²) in [5, 5.41) is 38.9. The number of anilines is 1. The van der Waals surface area contributed by atoms with Crippen molar-refractivity contribution in [2.24, 2.45) is 5.16 Å². The summed E-state index contributed by atoms with van der Waals surface area (Å²) < 4.78 is 0.667. The topological polar surface area (TPSA) is 201 Å². The Kier molecular flexibility index (Phi) is 8.63. The molecule has 2 amide bonds. The molecule has 220 valence electrons. The number of aliphatic carboxylic acids is 1. The van der Waals surface area contributed by atoms with Crippen LogP contribution in [0.1, 0.15) is 19.5 Å². The molecule has 2 atom stereocenters. The number of phenols is 2. The molecule has 0 aliphatic carbocycles. The van der Waals surface area contributed by atoms with Gasteiger partial charge in [-0.15, -0.1) is 34.4 Å². The van der Waals surface area contributed by atoms with E-state index < -0.39 is 29.2 Å². The van der Waals surface area contributed by atoms with Crippen molar-refractivity contribution in [3.05, 3.63) is 45.9 Å². The molecule has 13 nitrogen and oxygen atoms in total. The number of carboxylic acids is 1. The number of fused-ring (bicyclic) bond motifs is 1. The summed E-state index contributed by atoms with van der Waals surface area (Å²) in [6.45, 7) is 3.48. The van der Waals surface area contributed by atoms with Crippen LogP contribution in [0.25, 0.3) is 11.3 Å². The van der Waals surface area contributed by atoms with Gasteiger partial charge in [-0.2, -0.15) is 0 Å². The van der Waals surface area contributed by atoms with Gasteiger partial charge in [0, 0.05) is 27.8 Å². The number of nitrogens with two attached hydrogens (primary N) is 1. The van der Waals surface area contributed by atoms with E-state index in [4.69, 9.17) is 10.6 Å². The number of phenolic OH excluding ortho intramolecular Hbond substituents is 2. The molecule has 17 heteroatoms. The lowest BCUT2D eigenvalue weighted by molar-refractivity contribution is -0.150. The van der Waals surface area contributed by atoms with Crippen LogP contribution in [-0.2, 0) is 19.2 Å².